The Morgan fingerprint density at radius 2 is 2.00 bits per heavy atom. The molecule has 2 aromatic heterocycles. The Bertz CT molecular complexity index is 942. The molecule has 0 aliphatic carbocycles. The highest BCUT2D eigenvalue weighted by Crippen LogP contribution is 2.20. The van der Waals surface area contributed by atoms with E-state index in [1.807, 2.05) is 13.0 Å². The van der Waals surface area contributed by atoms with Gasteiger partial charge in [0.15, 0.2) is 5.78 Å². The summed E-state index contributed by atoms with van der Waals surface area (Å²) in [6.07, 6.45) is 0. The number of nitrogens with zero attached hydrogens (tertiary/aromatic N) is 1. The van der Waals surface area contributed by atoms with E-state index in [4.69, 9.17) is 10.2 Å². The van der Waals surface area contributed by atoms with Gasteiger partial charge < -0.3 is 10.2 Å². The molecule has 0 saturated heterocycles. The van der Waals surface area contributed by atoms with Gasteiger partial charge in [-0.3, -0.25) is 9.59 Å². The number of rotatable bonds is 2. The number of aromatic nitrogens is 1. The molecule has 5 nitrogen and oxygen atoms in total. The smallest absolute Gasteiger partial charge is 0.230 e. The van der Waals surface area contributed by atoms with Crippen molar-refractivity contribution in [3.63, 3.8) is 0 Å². The predicted molar refractivity (Wildman–Crippen MR) is 80.6 cm³/mol. The molecule has 0 bridgehead atoms. The summed E-state index contributed by atoms with van der Waals surface area (Å²) >= 11 is 0. The summed E-state index contributed by atoms with van der Waals surface area (Å²) in [5.74, 6) is -0.245. The number of nitrogens with two attached hydrogens (primary N) is 1. The normalized spacial score (nSPS) is 11.2. The van der Waals surface area contributed by atoms with Crippen LogP contribution in [0.2, 0.25) is 0 Å². The Morgan fingerprint density at radius 1 is 1.24 bits per heavy atom. The largest absolute Gasteiger partial charge is 0.437 e. The summed E-state index contributed by atoms with van der Waals surface area (Å²) in [6.45, 7) is 3.48. The maximum Gasteiger partial charge on any atom is 0.230 e. The van der Waals surface area contributed by atoms with Gasteiger partial charge in [0.25, 0.3) is 0 Å². The third-order valence-electron chi connectivity index (χ3n) is 3.49. The van der Waals surface area contributed by atoms with Crippen molar-refractivity contribution in [2.75, 3.05) is 6.54 Å². The van der Waals surface area contributed by atoms with E-state index in [2.05, 4.69) is 4.98 Å². The number of carbonyl (C=O) groups excluding carboxylic acids is 1. The summed E-state index contributed by atoms with van der Waals surface area (Å²) in [5.41, 5.74) is 7.76. The predicted octanol–water partition coefficient (Wildman–Crippen LogP) is 2.10. The Labute approximate surface area is 120 Å². The summed E-state index contributed by atoms with van der Waals surface area (Å²) in [7, 11) is 0. The van der Waals surface area contributed by atoms with Crippen LogP contribution >= 0.6 is 0 Å². The number of benzene rings is 1. The van der Waals surface area contributed by atoms with Crippen molar-refractivity contribution in [2.45, 2.75) is 13.8 Å². The van der Waals surface area contributed by atoms with Crippen molar-refractivity contribution >= 4 is 27.9 Å². The second-order valence-corrected chi connectivity index (χ2v) is 5.03. The van der Waals surface area contributed by atoms with Gasteiger partial charge in [-0.25, -0.2) is 4.98 Å². The fourth-order valence-electron chi connectivity index (χ4n) is 2.38. The highest BCUT2D eigenvalue weighted by atomic mass is 16.3. The average Bonchev–Trinajstić information content (AvgIpc) is 2.47. The molecule has 21 heavy (non-hydrogen) atoms. The summed E-state index contributed by atoms with van der Waals surface area (Å²) in [4.78, 5) is 28.6. The maximum atomic E-state index is 12.6. The van der Waals surface area contributed by atoms with E-state index in [9.17, 15) is 9.59 Å². The molecule has 2 N–H and O–H groups in total. The topological polar surface area (TPSA) is 86.2 Å². The fraction of sp³-hybridized carbons (Fsp3) is 0.188. The van der Waals surface area contributed by atoms with Crippen molar-refractivity contribution in [1.29, 1.82) is 0 Å². The van der Waals surface area contributed by atoms with E-state index >= 15 is 0 Å². The molecular formula is C16H14N2O3. The highest BCUT2D eigenvalue weighted by Gasteiger charge is 2.15. The molecular weight excluding hydrogens is 268 g/mol. The number of hydrogen-bond acceptors (Lipinski definition) is 5. The molecule has 0 aliphatic rings. The van der Waals surface area contributed by atoms with Crippen LogP contribution in [0.25, 0.3) is 22.1 Å². The quantitative estimate of drug-likeness (QED) is 0.574. The lowest BCUT2D eigenvalue weighted by atomic mass is 10.1. The number of Topliss-reactive ketones (excluding diaryl/α,β-unsaturated/α-hetero) is 1. The zero-order valence-corrected chi connectivity index (χ0v) is 11.8. The fourth-order valence-corrected chi connectivity index (χ4v) is 2.38. The van der Waals surface area contributed by atoms with Crippen LogP contribution in [0, 0.1) is 13.8 Å². The van der Waals surface area contributed by atoms with Gasteiger partial charge in [-0.15, -0.1) is 0 Å². The average molecular weight is 282 g/mol. The number of fused-ring (bicyclic) bond motifs is 2. The lowest BCUT2D eigenvalue weighted by Gasteiger charge is -2.06. The number of aryl methyl sites for hydroxylation is 2. The first-order valence-electron chi connectivity index (χ1n) is 6.59. The van der Waals surface area contributed by atoms with E-state index in [1.54, 1.807) is 19.1 Å². The van der Waals surface area contributed by atoms with Crippen LogP contribution in [0.1, 0.15) is 21.6 Å². The van der Waals surface area contributed by atoms with Crippen molar-refractivity contribution in [1.82, 2.24) is 4.98 Å². The number of ketones is 1. The van der Waals surface area contributed by atoms with Gasteiger partial charge in [0.05, 0.1) is 23.0 Å². The van der Waals surface area contributed by atoms with Crippen molar-refractivity contribution in [3.05, 3.63) is 51.3 Å². The van der Waals surface area contributed by atoms with Gasteiger partial charge in [0.2, 0.25) is 11.1 Å². The van der Waals surface area contributed by atoms with Crippen LogP contribution in [-0.2, 0) is 0 Å². The van der Waals surface area contributed by atoms with E-state index in [0.29, 0.717) is 27.6 Å². The first-order chi connectivity index (χ1) is 10.0. The number of hydrogen-bond donors (Lipinski definition) is 1. The van der Waals surface area contributed by atoms with E-state index < -0.39 is 0 Å². The number of carbonyl (C=O) groups is 1. The maximum absolute atomic E-state index is 12.6. The van der Waals surface area contributed by atoms with Gasteiger partial charge in [-0.05, 0) is 32.0 Å². The molecule has 0 aliphatic heterocycles. The standard InChI is InChI=1S/C16H14N2O3/c1-8-3-4-14-11(5-8)15(20)12-6-10(13(19)7-17)9(2)18-16(12)21-14/h3-6H,7,17H2,1-2H3. The monoisotopic (exact) mass is 282 g/mol. The van der Waals surface area contributed by atoms with Crippen LogP contribution in [0.15, 0.2) is 33.5 Å². The van der Waals surface area contributed by atoms with Crippen LogP contribution in [-0.4, -0.2) is 17.3 Å². The molecule has 106 valence electrons. The molecule has 3 rings (SSSR count). The van der Waals surface area contributed by atoms with Crippen LogP contribution in [0.5, 0.6) is 0 Å². The molecule has 3 aromatic rings. The Balaban J connectivity index is 2.44. The Kier molecular flexibility index (Phi) is 3.07. The van der Waals surface area contributed by atoms with Gasteiger partial charge in [-0.2, -0.15) is 0 Å². The molecule has 0 amide bonds. The summed E-state index contributed by atoms with van der Waals surface area (Å²) in [6, 6.07) is 6.92. The minimum atomic E-state index is -0.245. The zero-order valence-electron chi connectivity index (χ0n) is 11.8. The molecule has 0 saturated carbocycles. The third kappa shape index (κ3) is 2.11. The van der Waals surface area contributed by atoms with Crippen molar-refractivity contribution < 1.29 is 9.21 Å². The minimum absolute atomic E-state index is 0.119. The molecule has 0 fully saturated rings. The second-order valence-electron chi connectivity index (χ2n) is 5.03. The molecule has 2 heterocycles. The molecule has 0 radical (unpaired) electrons. The minimum Gasteiger partial charge on any atom is -0.437 e. The molecule has 0 atom stereocenters. The summed E-state index contributed by atoms with van der Waals surface area (Å²) in [5, 5.41) is 0.787. The zero-order chi connectivity index (χ0) is 15.1. The van der Waals surface area contributed by atoms with Crippen LogP contribution in [0.3, 0.4) is 0 Å². The first-order valence-corrected chi connectivity index (χ1v) is 6.59. The summed E-state index contributed by atoms with van der Waals surface area (Å²) < 4.78 is 5.68. The SMILES string of the molecule is Cc1ccc2oc3nc(C)c(C(=O)CN)cc3c(=O)c2c1. The third-order valence-corrected chi connectivity index (χ3v) is 3.49. The lowest BCUT2D eigenvalue weighted by Crippen LogP contribution is -2.16. The van der Waals surface area contributed by atoms with Crippen molar-refractivity contribution in [2.24, 2.45) is 5.73 Å². The van der Waals surface area contributed by atoms with Gasteiger partial charge in [0, 0.05) is 5.56 Å². The second kappa shape index (κ2) is 4.79. The van der Waals surface area contributed by atoms with E-state index in [-0.39, 0.29) is 23.5 Å². The highest BCUT2D eigenvalue weighted by molar-refractivity contribution is 6.01. The van der Waals surface area contributed by atoms with Crippen LogP contribution in [0.4, 0.5) is 0 Å². The van der Waals surface area contributed by atoms with Crippen LogP contribution < -0.4 is 11.2 Å². The van der Waals surface area contributed by atoms with E-state index in [1.165, 1.54) is 6.07 Å². The van der Waals surface area contributed by atoms with Gasteiger partial charge in [0.1, 0.15) is 5.58 Å². The van der Waals surface area contributed by atoms with Gasteiger partial charge >= 0.3 is 0 Å². The van der Waals surface area contributed by atoms with Gasteiger partial charge in [-0.1, -0.05) is 11.6 Å². The molecule has 0 unspecified atom stereocenters. The molecule has 0 spiro atoms. The Hall–Kier alpha value is -2.53. The van der Waals surface area contributed by atoms with Crippen molar-refractivity contribution in [3.8, 4) is 0 Å². The number of pyridine rings is 1. The first kappa shape index (κ1) is 13.5. The lowest BCUT2D eigenvalue weighted by molar-refractivity contribution is 0.100. The van der Waals surface area contributed by atoms with E-state index in [0.717, 1.165) is 5.56 Å². The molecule has 5 heteroatoms. The molecule has 1 aromatic carbocycles. The Morgan fingerprint density at radius 3 is 2.71 bits per heavy atom.